The summed E-state index contributed by atoms with van der Waals surface area (Å²) >= 11 is 0. The van der Waals surface area contributed by atoms with Gasteiger partial charge in [-0.25, -0.2) is 8.42 Å². The van der Waals surface area contributed by atoms with Gasteiger partial charge in [0.1, 0.15) is 0 Å². The first kappa shape index (κ1) is 13.4. The lowest BCUT2D eigenvalue weighted by atomic mass is 10.2. The van der Waals surface area contributed by atoms with E-state index in [9.17, 15) is 8.42 Å². The molecular formula is C12H16N4O2S. The first-order chi connectivity index (χ1) is 8.81. The fourth-order valence-corrected chi connectivity index (χ4v) is 3.21. The van der Waals surface area contributed by atoms with E-state index in [4.69, 9.17) is 5.73 Å². The summed E-state index contributed by atoms with van der Waals surface area (Å²) in [6, 6.07) is 5.27. The van der Waals surface area contributed by atoms with Gasteiger partial charge in [-0.3, -0.25) is 9.40 Å². The zero-order valence-electron chi connectivity index (χ0n) is 11.0. The fraction of sp³-hybridized carbons (Fsp3) is 0.250. The van der Waals surface area contributed by atoms with E-state index in [0.717, 1.165) is 5.56 Å². The molecule has 1 aromatic carbocycles. The third kappa shape index (κ3) is 2.55. The molecule has 19 heavy (non-hydrogen) atoms. The second-order valence-corrected chi connectivity index (χ2v) is 6.10. The van der Waals surface area contributed by atoms with Gasteiger partial charge in [0.05, 0.1) is 16.8 Å². The predicted octanol–water partition coefficient (Wildman–Crippen LogP) is 1.42. The van der Waals surface area contributed by atoms with Crippen molar-refractivity contribution in [1.82, 2.24) is 9.78 Å². The average molecular weight is 280 g/mol. The minimum atomic E-state index is -3.67. The van der Waals surface area contributed by atoms with Gasteiger partial charge in [0.2, 0.25) is 0 Å². The Morgan fingerprint density at radius 1 is 1.32 bits per heavy atom. The van der Waals surface area contributed by atoms with Crippen LogP contribution in [0.3, 0.4) is 0 Å². The smallest absolute Gasteiger partial charge is 0.263 e. The van der Waals surface area contributed by atoms with Crippen molar-refractivity contribution in [3.05, 3.63) is 35.5 Å². The highest BCUT2D eigenvalue weighted by molar-refractivity contribution is 7.92. The van der Waals surface area contributed by atoms with Crippen LogP contribution in [0.5, 0.6) is 0 Å². The lowest BCUT2D eigenvalue weighted by Gasteiger charge is -2.11. The van der Waals surface area contributed by atoms with E-state index < -0.39 is 10.0 Å². The van der Waals surface area contributed by atoms with E-state index in [2.05, 4.69) is 9.82 Å². The Kier molecular flexibility index (Phi) is 3.23. The molecule has 3 N–H and O–H groups in total. The van der Waals surface area contributed by atoms with Gasteiger partial charge in [-0.15, -0.1) is 0 Å². The van der Waals surface area contributed by atoms with Crippen molar-refractivity contribution in [1.29, 1.82) is 0 Å². The van der Waals surface area contributed by atoms with Crippen LogP contribution < -0.4 is 10.5 Å². The number of benzene rings is 1. The molecule has 1 aromatic heterocycles. The number of rotatable bonds is 3. The molecule has 0 unspecified atom stereocenters. The van der Waals surface area contributed by atoms with Gasteiger partial charge in [-0.1, -0.05) is 12.1 Å². The SMILES string of the molecule is Cc1ccc(C)c(S(=O)(=O)Nc2c(N)cnn2C)c1. The molecule has 0 radical (unpaired) electrons. The molecule has 0 atom stereocenters. The number of anilines is 2. The number of hydrogen-bond acceptors (Lipinski definition) is 4. The van der Waals surface area contributed by atoms with Crippen molar-refractivity contribution >= 4 is 21.5 Å². The van der Waals surface area contributed by atoms with Crippen molar-refractivity contribution in [3.63, 3.8) is 0 Å². The first-order valence-electron chi connectivity index (χ1n) is 5.69. The number of nitrogen functional groups attached to an aromatic ring is 1. The van der Waals surface area contributed by atoms with Crippen LogP contribution in [0.1, 0.15) is 11.1 Å². The summed E-state index contributed by atoms with van der Waals surface area (Å²) in [7, 11) is -2.05. The molecule has 6 nitrogen and oxygen atoms in total. The summed E-state index contributed by atoms with van der Waals surface area (Å²) in [6.45, 7) is 3.59. The van der Waals surface area contributed by atoms with E-state index in [-0.39, 0.29) is 16.4 Å². The van der Waals surface area contributed by atoms with Gasteiger partial charge < -0.3 is 5.73 Å². The maximum absolute atomic E-state index is 12.4. The van der Waals surface area contributed by atoms with Gasteiger partial charge in [-0.05, 0) is 31.0 Å². The van der Waals surface area contributed by atoms with Crippen molar-refractivity contribution in [2.75, 3.05) is 10.5 Å². The first-order valence-corrected chi connectivity index (χ1v) is 7.17. The molecule has 0 aliphatic carbocycles. The molecule has 0 spiro atoms. The quantitative estimate of drug-likeness (QED) is 0.889. The molecule has 0 amide bonds. The van der Waals surface area contributed by atoms with Crippen molar-refractivity contribution < 1.29 is 8.42 Å². The Morgan fingerprint density at radius 3 is 2.58 bits per heavy atom. The average Bonchev–Trinajstić information content (AvgIpc) is 2.63. The number of aromatic nitrogens is 2. The molecule has 0 fully saturated rings. The second-order valence-electron chi connectivity index (χ2n) is 4.45. The highest BCUT2D eigenvalue weighted by Gasteiger charge is 2.20. The molecule has 2 aromatic rings. The molecule has 0 saturated carbocycles. The molecule has 1 heterocycles. The van der Waals surface area contributed by atoms with Crippen molar-refractivity contribution in [2.45, 2.75) is 18.7 Å². The summed E-state index contributed by atoms with van der Waals surface area (Å²) < 4.78 is 28.6. The second kappa shape index (κ2) is 4.58. The van der Waals surface area contributed by atoms with E-state index in [1.807, 2.05) is 13.0 Å². The fourth-order valence-electron chi connectivity index (χ4n) is 1.76. The third-order valence-corrected chi connectivity index (χ3v) is 4.31. The van der Waals surface area contributed by atoms with Crippen LogP contribution in [-0.2, 0) is 17.1 Å². The van der Waals surface area contributed by atoms with Gasteiger partial charge in [-0.2, -0.15) is 5.10 Å². The number of nitrogens with two attached hydrogens (primary N) is 1. The maximum atomic E-state index is 12.4. The lowest BCUT2D eigenvalue weighted by molar-refractivity contribution is 0.599. The van der Waals surface area contributed by atoms with Gasteiger partial charge in [0.15, 0.2) is 5.82 Å². The normalized spacial score (nSPS) is 11.5. The Balaban J connectivity index is 2.47. The van der Waals surface area contributed by atoms with E-state index >= 15 is 0 Å². The number of hydrogen-bond donors (Lipinski definition) is 2. The molecule has 102 valence electrons. The Morgan fingerprint density at radius 2 is 2.00 bits per heavy atom. The largest absolute Gasteiger partial charge is 0.394 e. The summed E-state index contributed by atoms with van der Waals surface area (Å²) in [5, 5.41) is 3.90. The highest BCUT2D eigenvalue weighted by Crippen LogP contribution is 2.23. The van der Waals surface area contributed by atoms with Crippen LogP contribution in [0.25, 0.3) is 0 Å². The van der Waals surface area contributed by atoms with Crippen LogP contribution >= 0.6 is 0 Å². The number of sulfonamides is 1. The number of nitrogens with one attached hydrogen (secondary N) is 1. The maximum Gasteiger partial charge on any atom is 0.263 e. The number of nitrogens with zero attached hydrogens (tertiary/aromatic N) is 2. The van der Waals surface area contributed by atoms with Gasteiger partial charge in [0, 0.05) is 7.05 Å². The molecule has 0 saturated heterocycles. The number of aryl methyl sites for hydroxylation is 3. The minimum absolute atomic E-state index is 0.244. The van der Waals surface area contributed by atoms with Crippen LogP contribution in [0.4, 0.5) is 11.5 Å². The molecule has 2 rings (SSSR count). The monoisotopic (exact) mass is 280 g/mol. The van der Waals surface area contributed by atoms with Crippen LogP contribution in [-0.4, -0.2) is 18.2 Å². The van der Waals surface area contributed by atoms with Crippen molar-refractivity contribution in [2.24, 2.45) is 7.05 Å². The highest BCUT2D eigenvalue weighted by atomic mass is 32.2. The standard InChI is InChI=1S/C12H16N4O2S/c1-8-4-5-9(2)11(6-8)19(17,18)15-12-10(13)7-14-16(12)3/h4-7,15H,13H2,1-3H3. The topological polar surface area (TPSA) is 90.0 Å². The van der Waals surface area contributed by atoms with Gasteiger partial charge >= 0.3 is 0 Å². The van der Waals surface area contributed by atoms with Crippen molar-refractivity contribution in [3.8, 4) is 0 Å². The third-order valence-electron chi connectivity index (χ3n) is 2.83. The Hall–Kier alpha value is -2.02. The predicted molar refractivity (Wildman–Crippen MR) is 74.3 cm³/mol. The Bertz CT molecular complexity index is 700. The molecule has 0 bridgehead atoms. The summed E-state index contributed by atoms with van der Waals surface area (Å²) in [5.74, 6) is 0.265. The molecule has 7 heteroatoms. The van der Waals surface area contributed by atoms with E-state index in [1.54, 1.807) is 26.1 Å². The summed E-state index contributed by atoms with van der Waals surface area (Å²) in [5.41, 5.74) is 7.53. The van der Waals surface area contributed by atoms with Gasteiger partial charge in [0.25, 0.3) is 10.0 Å². The van der Waals surface area contributed by atoms with Crippen LogP contribution in [0.2, 0.25) is 0 Å². The zero-order valence-corrected chi connectivity index (χ0v) is 11.8. The molecule has 0 aliphatic heterocycles. The van der Waals surface area contributed by atoms with E-state index in [0.29, 0.717) is 5.56 Å². The Labute approximate surface area is 112 Å². The minimum Gasteiger partial charge on any atom is -0.394 e. The molecule has 0 aliphatic rings. The molecular weight excluding hydrogens is 264 g/mol. The van der Waals surface area contributed by atoms with E-state index in [1.165, 1.54) is 10.9 Å². The zero-order chi connectivity index (χ0) is 14.2. The van der Waals surface area contributed by atoms with Crippen LogP contribution in [0, 0.1) is 13.8 Å². The summed E-state index contributed by atoms with van der Waals surface area (Å²) in [4.78, 5) is 0.244. The summed E-state index contributed by atoms with van der Waals surface area (Å²) in [6.07, 6.45) is 1.40. The van der Waals surface area contributed by atoms with Crippen LogP contribution in [0.15, 0.2) is 29.3 Å². The lowest BCUT2D eigenvalue weighted by Crippen LogP contribution is -2.17.